The second kappa shape index (κ2) is 4.73. The minimum Gasteiger partial charge on any atom is -0.330 e. The Bertz CT molecular complexity index is 218. The second-order valence-corrected chi connectivity index (χ2v) is 6.31. The van der Waals surface area contributed by atoms with E-state index in [0.717, 1.165) is 31.9 Å². The third-order valence-electron chi connectivity index (χ3n) is 3.21. The molecule has 0 amide bonds. The lowest BCUT2D eigenvalue weighted by Gasteiger charge is -2.14. The summed E-state index contributed by atoms with van der Waals surface area (Å²) >= 11 is 0. The number of nitrogens with zero attached hydrogens (tertiary/aromatic N) is 1. The zero-order chi connectivity index (χ0) is 9.97. The van der Waals surface area contributed by atoms with Crippen LogP contribution in [-0.2, 0) is 10.8 Å². The SMILES string of the molecule is NCC1CCN(CCS(=O)C2CC2)C1. The van der Waals surface area contributed by atoms with Gasteiger partial charge >= 0.3 is 0 Å². The first-order chi connectivity index (χ1) is 6.79. The lowest BCUT2D eigenvalue weighted by atomic mass is 10.1. The molecule has 0 radical (unpaired) electrons. The van der Waals surface area contributed by atoms with Gasteiger partial charge in [0.1, 0.15) is 0 Å². The smallest absolute Gasteiger partial charge is 0.0365 e. The molecule has 0 spiro atoms. The first kappa shape index (κ1) is 10.6. The molecule has 0 aromatic rings. The van der Waals surface area contributed by atoms with Crippen molar-refractivity contribution in [1.29, 1.82) is 0 Å². The fourth-order valence-electron chi connectivity index (χ4n) is 2.03. The first-order valence-electron chi connectivity index (χ1n) is 5.59. The molecule has 1 saturated heterocycles. The Hall–Kier alpha value is 0.0700. The van der Waals surface area contributed by atoms with Crippen LogP contribution in [-0.4, -0.2) is 46.3 Å². The van der Waals surface area contributed by atoms with Crippen molar-refractivity contribution < 1.29 is 4.21 Å². The minimum atomic E-state index is -0.543. The van der Waals surface area contributed by atoms with Crippen molar-refractivity contribution >= 4 is 10.8 Å². The predicted molar refractivity (Wildman–Crippen MR) is 59.6 cm³/mol. The fraction of sp³-hybridized carbons (Fsp3) is 1.00. The van der Waals surface area contributed by atoms with Gasteiger partial charge in [-0.05, 0) is 38.3 Å². The Morgan fingerprint density at radius 2 is 2.14 bits per heavy atom. The molecule has 3 nitrogen and oxygen atoms in total. The lowest BCUT2D eigenvalue weighted by Crippen LogP contribution is -2.27. The summed E-state index contributed by atoms with van der Waals surface area (Å²) in [6.45, 7) is 4.10. The van der Waals surface area contributed by atoms with Crippen molar-refractivity contribution in [3.05, 3.63) is 0 Å². The molecule has 1 aliphatic heterocycles. The number of likely N-dealkylation sites (tertiary alicyclic amines) is 1. The molecule has 4 heteroatoms. The third-order valence-corrected chi connectivity index (χ3v) is 5.01. The van der Waals surface area contributed by atoms with Crippen LogP contribution < -0.4 is 5.73 Å². The van der Waals surface area contributed by atoms with Crippen molar-refractivity contribution in [1.82, 2.24) is 4.90 Å². The van der Waals surface area contributed by atoms with Crippen LogP contribution in [0, 0.1) is 5.92 Å². The van der Waals surface area contributed by atoms with Crippen LogP contribution in [0.25, 0.3) is 0 Å². The standard InChI is InChI=1S/C10H20N2OS/c11-7-9-3-4-12(8-9)5-6-14(13)10-1-2-10/h9-10H,1-8,11H2. The molecule has 2 atom stereocenters. The van der Waals surface area contributed by atoms with Crippen LogP contribution in [0.3, 0.4) is 0 Å². The summed E-state index contributed by atoms with van der Waals surface area (Å²) in [7, 11) is -0.543. The van der Waals surface area contributed by atoms with Gasteiger partial charge in [-0.15, -0.1) is 0 Å². The van der Waals surface area contributed by atoms with Gasteiger partial charge in [0.05, 0.1) is 0 Å². The monoisotopic (exact) mass is 216 g/mol. The van der Waals surface area contributed by atoms with Gasteiger partial charge in [0.25, 0.3) is 0 Å². The molecule has 0 aromatic heterocycles. The number of rotatable bonds is 5. The first-order valence-corrected chi connectivity index (χ1v) is 6.97. The highest BCUT2D eigenvalue weighted by Crippen LogP contribution is 2.26. The number of nitrogens with two attached hydrogens (primary N) is 1. The third kappa shape index (κ3) is 2.78. The Morgan fingerprint density at radius 1 is 1.36 bits per heavy atom. The summed E-state index contributed by atoms with van der Waals surface area (Å²) in [6.07, 6.45) is 3.61. The van der Waals surface area contributed by atoms with E-state index in [0.29, 0.717) is 11.2 Å². The van der Waals surface area contributed by atoms with Crippen molar-refractivity contribution in [2.45, 2.75) is 24.5 Å². The molecule has 2 fully saturated rings. The maximum absolute atomic E-state index is 11.6. The topological polar surface area (TPSA) is 46.3 Å². The van der Waals surface area contributed by atoms with E-state index in [9.17, 15) is 4.21 Å². The maximum Gasteiger partial charge on any atom is 0.0365 e. The Kier molecular flexibility index (Phi) is 3.57. The Labute approximate surface area is 88.5 Å². The van der Waals surface area contributed by atoms with Crippen molar-refractivity contribution in [3.63, 3.8) is 0 Å². The van der Waals surface area contributed by atoms with Gasteiger partial charge in [0.2, 0.25) is 0 Å². The van der Waals surface area contributed by atoms with Crippen LogP contribution >= 0.6 is 0 Å². The Morgan fingerprint density at radius 3 is 2.71 bits per heavy atom. The highest BCUT2D eigenvalue weighted by Gasteiger charge is 2.29. The molecular weight excluding hydrogens is 196 g/mol. The van der Waals surface area contributed by atoms with Gasteiger partial charge in [-0.25, -0.2) is 0 Å². The van der Waals surface area contributed by atoms with E-state index in [-0.39, 0.29) is 0 Å². The molecule has 14 heavy (non-hydrogen) atoms. The lowest BCUT2D eigenvalue weighted by molar-refractivity contribution is 0.345. The minimum absolute atomic E-state index is 0.543. The van der Waals surface area contributed by atoms with Crippen molar-refractivity contribution in [2.75, 3.05) is 31.9 Å². The van der Waals surface area contributed by atoms with Crippen LogP contribution in [0.2, 0.25) is 0 Å². The largest absolute Gasteiger partial charge is 0.330 e. The summed E-state index contributed by atoms with van der Waals surface area (Å²) < 4.78 is 11.6. The summed E-state index contributed by atoms with van der Waals surface area (Å²) in [4.78, 5) is 2.41. The highest BCUT2D eigenvalue weighted by atomic mass is 32.2. The predicted octanol–water partition coefficient (Wildman–Crippen LogP) is 0.178. The van der Waals surface area contributed by atoms with E-state index in [1.807, 2.05) is 0 Å². The Balaban J connectivity index is 1.63. The zero-order valence-corrected chi connectivity index (χ0v) is 9.47. The molecule has 0 aromatic carbocycles. The van der Waals surface area contributed by atoms with Gasteiger partial charge < -0.3 is 10.6 Å². The average Bonchev–Trinajstić information content (AvgIpc) is 2.94. The van der Waals surface area contributed by atoms with Crippen molar-refractivity contribution in [3.8, 4) is 0 Å². The summed E-state index contributed by atoms with van der Waals surface area (Å²) in [5.74, 6) is 1.56. The van der Waals surface area contributed by atoms with E-state index in [4.69, 9.17) is 5.73 Å². The molecule has 1 saturated carbocycles. The van der Waals surface area contributed by atoms with E-state index < -0.39 is 10.8 Å². The van der Waals surface area contributed by atoms with Crippen molar-refractivity contribution in [2.24, 2.45) is 11.7 Å². The van der Waals surface area contributed by atoms with Gasteiger partial charge in [-0.3, -0.25) is 4.21 Å². The molecule has 2 unspecified atom stereocenters. The normalized spacial score (nSPS) is 30.8. The van der Waals surface area contributed by atoms with Crippen LogP contribution in [0.5, 0.6) is 0 Å². The molecule has 0 bridgehead atoms. The average molecular weight is 216 g/mol. The molecule has 2 N–H and O–H groups in total. The van der Waals surface area contributed by atoms with Gasteiger partial charge in [-0.2, -0.15) is 0 Å². The molecule has 2 aliphatic rings. The number of hydrogen-bond donors (Lipinski definition) is 1. The summed E-state index contributed by atoms with van der Waals surface area (Å²) in [6, 6.07) is 0. The van der Waals surface area contributed by atoms with Crippen LogP contribution in [0.15, 0.2) is 0 Å². The van der Waals surface area contributed by atoms with Gasteiger partial charge in [0, 0.05) is 34.9 Å². The van der Waals surface area contributed by atoms with Gasteiger partial charge in [-0.1, -0.05) is 0 Å². The second-order valence-electron chi connectivity index (χ2n) is 4.48. The molecule has 1 aliphatic carbocycles. The summed E-state index contributed by atoms with van der Waals surface area (Å²) in [5, 5.41) is 0.544. The zero-order valence-electron chi connectivity index (χ0n) is 8.65. The molecular formula is C10H20N2OS. The molecule has 82 valence electrons. The molecule has 2 rings (SSSR count). The quantitative estimate of drug-likeness (QED) is 0.713. The number of hydrogen-bond acceptors (Lipinski definition) is 3. The van der Waals surface area contributed by atoms with E-state index in [1.54, 1.807) is 0 Å². The van der Waals surface area contributed by atoms with Gasteiger partial charge in [0.15, 0.2) is 0 Å². The van der Waals surface area contributed by atoms with E-state index >= 15 is 0 Å². The van der Waals surface area contributed by atoms with Crippen LogP contribution in [0.4, 0.5) is 0 Å². The van der Waals surface area contributed by atoms with Crippen LogP contribution in [0.1, 0.15) is 19.3 Å². The summed E-state index contributed by atoms with van der Waals surface area (Å²) in [5.41, 5.74) is 5.62. The van der Waals surface area contributed by atoms with E-state index in [1.165, 1.54) is 19.3 Å². The maximum atomic E-state index is 11.6. The highest BCUT2D eigenvalue weighted by molar-refractivity contribution is 7.85. The molecule has 1 heterocycles. The fourth-order valence-corrected chi connectivity index (χ4v) is 3.46. The van der Waals surface area contributed by atoms with E-state index in [2.05, 4.69) is 4.90 Å².